The summed E-state index contributed by atoms with van der Waals surface area (Å²) >= 11 is 1.38. The maximum atomic E-state index is 13.0. The summed E-state index contributed by atoms with van der Waals surface area (Å²) < 4.78 is 39.2. The molecule has 0 spiro atoms. The third kappa shape index (κ3) is 6.90. The van der Waals surface area contributed by atoms with E-state index in [2.05, 4.69) is 26.7 Å². The van der Waals surface area contributed by atoms with E-state index in [1.54, 1.807) is 24.5 Å². The number of nitriles is 1. The molecule has 0 bridgehead atoms. The second-order valence-corrected chi connectivity index (χ2v) is 10.5. The Morgan fingerprint density at radius 1 is 1.21 bits per heavy atom. The molecule has 1 amide bonds. The van der Waals surface area contributed by atoms with Crippen molar-refractivity contribution in [2.24, 2.45) is 0 Å². The van der Waals surface area contributed by atoms with Gasteiger partial charge in [-0.1, -0.05) is 24.3 Å². The quantitative estimate of drug-likeness (QED) is 0.299. The van der Waals surface area contributed by atoms with Gasteiger partial charge in [0, 0.05) is 41.3 Å². The summed E-state index contributed by atoms with van der Waals surface area (Å²) in [6.45, 7) is 0.427. The van der Waals surface area contributed by atoms with Crippen molar-refractivity contribution < 1.29 is 18.0 Å². The molecule has 0 saturated carbocycles. The molecule has 2 aromatic heterocycles. The molecule has 4 aromatic rings. The predicted molar refractivity (Wildman–Crippen MR) is 142 cm³/mol. The number of amides is 1. The minimum absolute atomic E-state index is 0.0267. The standard InChI is InChI=1S/C28H25F3N6OS/c29-28(30,31)10-11-33-22-8-9-23-25(13-22)39-27(35-23)36-26(38)21-3-1-2-19(12-21)15-37-16-24(34-17-37)20-6-4-18(14-32)5-7-20/h1-7,12,16-17,22,33H,8-11,13,15H2,(H,35,36,38)/t22-/m0/s1. The molecule has 39 heavy (non-hydrogen) atoms. The van der Waals surface area contributed by atoms with Crippen LogP contribution < -0.4 is 10.6 Å². The van der Waals surface area contributed by atoms with Crippen molar-refractivity contribution in [3.05, 3.63) is 88.3 Å². The third-order valence-corrected chi connectivity index (χ3v) is 7.53. The summed E-state index contributed by atoms with van der Waals surface area (Å²) in [6, 6.07) is 16.6. The number of carbonyl (C=O) groups excluding carboxylic acids is 1. The molecule has 1 aliphatic rings. The summed E-state index contributed by atoms with van der Waals surface area (Å²) in [6.07, 6.45) is 0.608. The van der Waals surface area contributed by atoms with Gasteiger partial charge in [0.05, 0.1) is 35.8 Å². The highest BCUT2D eigenvalue weighted by molar-refractivity contribution is 7.15. The molecule has 0 fully saturated rings. The second kappa shape index (κ2) is 11.4. The number of imidazole rings is 1. The molecule has 0 unspecified atom stereocenters. The third-order valence-electron chi connectivity index (χ3n) is 6.50. The molecular weight excluding hydrogens is 525 g/mol. The SMILES string of the molecule is N#Cc1ccc(-c2cn(Cc3cccc(C(=O)Nc4nc5c(s4)C[C@@H](NCCC(F)(F)F)CC5)c3)cn2)cc1. The number of halogens is 3. The Balaban J connectivity index is 1.19. The Hall–Kier alpha value is -4.01. The van der Waals surface area contributed by atoms with Gasteiger partial charge in [-0.15, -0.1) is 11.3 Å². The van der Waals surface area contributed by atoms with E-state index in [0.29, 0.717) is 42.1 Å². The van der Waals surface area contributed by atoms with Crippen molar-refractivity contribution in [3.8, 4) is 17.3 Å². The van der Waals surface area contributed by atoms with Crippen LogP contribution >= 0.6 is 11.3 Å². The van der Waals surface area contributed by atoms with Crippen LogP contribution in [0.25, 0.3) is 11.3 Å². The lowest BCUT2D eigenvalue weighted by Gasteiger charge is -2.22. The minimum Gasteiger partial charge on any atom is -0.332 e. The van der Waals surface area contributed by atoms with Crippen LogP contribution in [0.4, 0.5) is 18.3 Å². The average Bonchev–Trinajstić information content (AvgIpc) is 3.54. The number of alkyl halides is 3. The van der Waals surface area contributed by atoms with Crippen LogP contribution in [0.2, 0.25) is 0 Å². The Morgan fingerprint density at radius 2 is 2.03 bits per heavy atom. The lowest BCUT2D eigenvalue weighted by atomic mass is 9.97. The molecular formula is C28H25F3N6OS. The van der Waals surface area contributed by atoms with Crippen molar-refractivity contribution in [3.63, 3.8) is 0 Å². The summed E-state index contributed by atoms with van der Waals surface area (Å²) in [7, 11) is 0. The number of nitrogens with one attached hydrogen (secondary N) is 2. The number of thiazole rings is 1. The summed E-state index contributed by atoms with van der Waals surface area (Å²) in [5, 5.41) is 15.3. The number of aromatic nitrogens is 3. The van der Waals surface area contributed by atoms with Gasteiger partial charge in [-0.2, -0.15) is 18.4 Å². The van der Waals surface area contributed by atoms with Crippen molar-refractivity contribution in [1.82, 2.24) is 19.9 Å². The van der Waals surface area contributed by atoms with Crippen molar-refractivity contribution in [1.29, 1.82) is 5.26 Å². The summed E-state index contributed by atoms with van der Waals surface area (Å²) in [4.78, 5) is 23.0. The maximum absolute atomic E-state index is 13.0. The van der Waals surface area contributed by atoms with Crippen molar-refractivity contribution >= 4 is 22.4 Å². The van der Waals surface area contributed by atoms with Crippen LogP contribution in [0.15, 0.2) is 61.1 Å². The Labute approximate surface area is 227 Å². The molecule has 11 heteroatoms. The zero-order valence-corrected chi connectivity index (χ0v) is 21.6. The topological polar surface area (TPSA) is 95.6 Å². The van der Waals surface area contributed by atoms with Gasteiger partial charge in [0.1, 0.15) is 0 Å². The maximum Gasteiger partial charge on any atom is 0.390 e. The van der Waals surface area contributed by atoms with Crippen LogP contribution in [0.1, 0.15) is 44.9 Å². The van der Waals surface area contributed by atoms with Crippen molar-refractivity contribution in [2.45, 2.75) is 44.4 Å². The first-order valence-electron chi connectivity index (χ1n) is 12.5. The lowest BCUT2D eigenvalue weighted by molar-refractivity contribution is -0.133. The summed E-state index contributed by atoms with van der Waals surface area (Å²) in [5.74, 6) is -0.272. The van der Waals surface area contributed by atoms with Gasteiger partial charge in [-0.3, -0.25) is 10.1 Å². The number of aryl methyl sites for hydroxylation is 1. The van der Waals surface area contributed by atoms with Gasteiger partial charge in [0.25, 0.3) is 5.91 Å². The van der Waals surface area contributed by atoms with E-state index < -0.39 is 12.6 Å². The van der Waals surface area contributed by atoms with Gasteiger partial charge in [0.2, 0.25) is 0 Å². The van der Waals surface area contributed by atoms with E-state index in [-0.39, 0.29) is 18.5 Å². The van der Waals surface area contributed by atoms with Crippen molar-refractivity contribution in [2.75, 3.05) is 11.9 Å². The summed E-state index contributed by atoms with van der Waals surface area (Å²) in [5.41, 5.74) is 4.62. The van der Waals surface area contributed by atoms with E-state index >= 15 is 0 Å². The van der Waals surface area contributed by atoms with Crippen LogP contribution in [0, 0.1) is 11.3 Å². The number of hydrogen-bond donors (Lipinski definition) is 2. The number of carbonyl (C=O) groups is 1. The van der Waals surface area contributed by atoms with Gasteiger partial charge >= 0.3 is 6.18 Å². The number of hydrogen-bond acceptors (Lipinski definition) is 6. The first kappa shape index (κ1) is 26.6. The highest BCUT2D eigenvalue weighted by Crippen LogP contribution is 2.30. The van der Waals surface area contributed by atoms with E-state index in [1.165, 1.54) is 11.3 Å². The smallest absolute Gasteiger partial charge is 0.332 e. The fourth-order valence-corrected chi connectivity index (χ4v) is 5.61. The number of nitrogens with zero attached hydrogens (tertiary/aromatic N) is 4. The largest absolute Gasteiger partial charge is 0.390 e. The molecule has 2 aromatic carbocycles. The molecule has 0 radical (unpaired) electrons. The minimum atomic E-state index is -4.17. The number of fused-ring (bicyclic) bond motifs is 1. The highest BCUT2D eigenvalue weighted by atomic mass is 32.1. The molecule has 0 aliphatic heterocycles. The molecule has 2 N–H and O–H groups in total. The Morgan fingerprint density at radius 3 is 2.79 bits per heavy atom. The van der Waals surface area contributed by atoms with Gasteiger partial charge < -0.3 is 9.88 Å². The number of benzene rings is 2. The predicted octanol–water partition coefficient (Wildman–Crippen LogP) is 5.58. The highest BCUT2D eigenvalue weighted by Gasteiger charge is 2.28. The zero-order valence-electron chi connectivity index (χ0n) is 20.8. The van der Waals surface area contributed by atoms with E-state index in [4.69, 9.17) is 5.26 Å². The second-order valence-electron chi connectivity index (χ2n) is 9.42. The van der Waals surface area contributed by atoms with Gasteiger partial charge in [-0.25, -0.2) is 9.97 Å². The Kier molecular flexibility index (Phi) is 7.77. The average molecular weight is 551 g/mol. The molecule has 0 saturated heterocycles. The fraction of sp³-hybridized carbons (Fsp3) is 0.286. The molecule has 1 atom stereocenters. The fourth-order valence-electron chi connectivity index (χ4n) is 4.52. The van der Waals surface area contributed by atoms with E-state index in [9.17, 15) is 18.0 Å². The first-order valence-corrected chi connectivity index (χ1v) is 13.3. The number of rotatable bonds is 8. The molecule has 7 nitrogen and oxygen atoms in total. The number of anilines is 1. The van der Waals surface area contributed by atoms with E-state index in [1.807, 2.05) is 41.1 Å². The zero-order chi connectivity index (χ0) is 27.4. The van der Waals surface area contributed by atoms with E-state index in [0.717, 1.165) is 27.4 Å². The molecule has 1 aliphatic carbocycles. The molecule has 2 heterocycles. The normalized spacial score (nSPS) is 15.0. The molecule has 5 rings (SSSR count). The van der Waals surface area contributed by atoms with Crippen LogP contribution in [0.5, 0.6) is 0 Å². The van der Waals surface area contributed by atoms with Gasteiger partial charge in [-0.05, 0) is 49.1 Å². The van der Waals surface area contributed by atoms with Crippen LogP contribution in [0.3, 0.4) is 0 Å². The van der Waals surface area contributed by atoms with Crippen LogP contribution in [-0.2, 0) is 19.4 Å². The first-order chi connectivity index (χ1) is 18.8. The lowest BCUT2D eigenvalue weighted by Crippen LogP contribution is -2.36. The Bertz CT molecular complexity index is 1500. The molecule has 200 valence electrons. The monoisotopic (exact) mass is 550 g/mol. The van der Waals surface area contributed by atoms with Crippen LogP contribution in [-0.4, -0.2) is 39.2 Å². The van der Waals surface area contributed by atoms with Gasteiger partial charge in [0.15, 0.2) is 5.13 Å².